The lowest BCUT2D eigenvalue weighted by atomic mass is 10.1. The number of rotatable bonds is 2. The van der Waals surface area contributed by atoms with E-state index in [2.05, 4.69) is 10.3 Å². The largest absolute Gasteiger partial charge is 0.508 e. The lowest BCUT2D eigenvalue weighted by molar-refractivity contribution is 0.338. The van der Waals surface area contributed by atoms with Crippen LogP contribution in [-0.4, -0.2) is 16.7 Å². The summed E-state index contributed by atoms with van der Waals surface area (Å²) in [5.41, 5.74) is 2.02. The van der Waals surface area contributed by atoms with Crippen molar-refractivity contribution in [3.05, 3.63) is 48.3 Å². The number of pyridine rings is 1. The molecule has 0 spiro atoms. The van der Waals surface area contributed by atoms with E-state index in [-0.39, 0.29) is 11.8 Å². The van der Waals surface area contributed by atoms with E-state index in [1.165, 1.54) is 0 Å². The summed E-state index contributed by atoms with van der Waals surface area (Å²) >= 11 is 0. The molecule has 1 aromatic carbocycles. The van der Waals surface area contributed by atoms with Crippen LogP contribution in [0.4, 0.5) is 5.69 Å². The molecule has 1 unspecified atom stereocenters. The van der Waals surface area contributed by atoms with E-state index in [1.807, 2.05) is 18.2 Å². The van der Waals surface area contributed by atoms with Gasteiger partial charge in [0.05, 0.1) is 11.7 Å². The molecular weight excluding hydrogens is 216 g/mol. The number of benzene rings is 1. The normalized spacial score (nSPS) is 17.3. The Balaban J connectivity index is 1.85. The number of fused-ring (bicyclic) bond motifs is 1. The number of ether oxygens (including phenoxy) is 1. The van der Waals surface area contributed by atoms with E-state index in [0.717, 1.165) is 17.0 Å². The second-order valence-corrected chi connectivity index (χ2v) is 3.97. The Morgan fingerprint density at radius 2 is 2.29 bits per heavy atom. The summed E-state index contributed by atoms with van der Waals surface area (Å²) in [4.78, 5) is 4.05. The fourth-order valence-electron chi connectivity index (χ4n) is 1.97. The Kier molecular flexibility index (Phi) is 2.33. The summed E-state index contributed by atoms with van der Waals surface area (Å²) in [5, 5.41) is 12.7. The minimum Gasteiger partial charge on any atom is -0.508 e. The molecule has 86 valence electrons. The zero-order valence-electron chi connectivity index (χ0n) is 9.13. The molecule has 0 saturated heterocycles. The van der Waals surface area contributed by atoms with E-state index in [9.17, 15) is 5.11 Å². The summed E-state index contributed by atoms with van der Waals surface area (Å²) in [6.07, 6.45) is 3.51. The van der Waals surface area contributed by atoms with Crippen molar-refractivity contribution in [1.82, 2.24) is 4.98 Å². The molecule has 0 radical (unpaired) electrons. The van der Waals surface area contributed by atoms with Crippen molar-refractivity contribution in [3.63, 3.8) is 0 Å². The number of hydrogen-bond acceptors (Lipinski definition) is 4. The fourth-order valence-corrected chi connectivity index (χ4v) is 1.97. The van der Waals surface area contributed by atoms with Crippen LogP contribution < -0.4 is 10.1 Å². The molecule has 0 bridgehead atoms. The van der Waals surface area contributed by atoms with E-state index >= 15 is 0 Å². The van der Waals surface area contributed by atoms with Crippen LogP contribution in [0.15, 0.2) is 42.7 Å². The van der Waals surface area contributed by atoms with Crippen LogP contribution in [0.5, 0.6) is 11.5 Å². The molecule has 0 saturated carbocycles. The van der Waals surface area contributed by atoms with Gasteiger partial charge in [-0.25, -0.2) is 0 Å². The first-order valence-corrected chi connectivity index (χ1v) is 5.45. The maximum Gasteiger partial charge on any atom is 0.128 e. The third-order valence-electron chi connectivity index (χ3n) is 2.78. The molecular formula is C13H12N2O2. The summed E-state index contributed by atoms with van der Waals surface area (Å²) in [6.45, 7) is 0.563. The van der Waals surface area contributed by atoms with E-state index in [4.69, 9.17) is 4.74 Å². The third kappa shape index (κ3) is 1.89. The first-order chi connectivity index (χ1) is 8.33. The fraction of sp³-hybridized carbons (Fsp3) is 0.154. The third-order valence-corrected chi connectivity index (χ3v) is 2.78. The van der Waals surface area contributed by atoms with Gasteiger partial charge in [0.25, 0.3) is 0 Å². The molecule has 1 aliphatic rings. The van der Waals surface area contributed by atoms with Gasteiger partial charge in [-0.15, -0.1) is 0 Å². The van der Waals surface area contributed by atoms with Crippen molar-refractivity contribution in [2.75, 3.05) is 11.9 Å². The Morgan fingerprint density at radius 3 is 3.12 bits per heavy atom. The van der Waals surface area contributed by atoms with Crippen LogP contribution in [-0.2, 0) is 0 Å². The molecule has 0 fully saturated rings. The van der Waals surface area contributed by atoms with E-state index < -0.39 is 0 Å². The molecule has 1 aromatic heterocycles. The Labute approximate surface area is 98.9 Å². The maximum absolute atomic E-state index is 9.36. The van der Waals surface area contributed by atoms with Gasteiger partial charge in [-0.1, -0.05) is 0 Å². The van der Waals surface area contributed by atoms with E-state index in [0.29, 0.717) is 6.61 Å². The number of phenolic OH excluding ortho intramolecular Hbond substituents is 1. The highest BCUT2D eigenvalue weighted by Crippen LogP contribution is 2.36. The number of hydrogen-bond donors (Lipinski definition) is 2. The Bertz CT molecular complexity index is 528. The van der Waals surface area contributed by atoms with Gasteiger partial charge in [-0.05, 0) is 24.3 Å². The topological polar surface area (TPSA) is 54.4 Å². The van der Waals surface area contributed by atoms with Gasteiger partial charge in [0.1, 0.15) is 18.1 Å². The summed E-state index contributed by atoms with van der Waals surface area (Å²) in [7, 11) is 0. The first-order valence-electron chi connectivity index (χ1n) is 5.45. The van der Waals surface area contributed by atoms with Gasteiger partial charge < -0.3 is 15.2 Å². The number of anilines is 1. The predicted octanol–water partition coefficient (Wildman–Crippen LogP) is 2.33. The number of nitrogens with zero attached hydrogens (tertiary/aromatic N) is 1. The van der Waals surface area contributed by atoms with Crippen molar-refractivity contribution in [2.24, 2.45) is 0 Å². The second kappa shape index (κ2) is 3.97. The van der Waals surface area contributed by atoms with Gasteiger partial charge >= 0.3 is 0 Å². The van der Waals surface area contributed by atoms with Crippen molar-refractivity contribution in [3.8, 4) is 11.5 Å². The molecule has 2 heterocycles. The Morgan fingerprint density at radius 1 is 1.35 bits per heavy atom. The Hall–Kier alpha value is -2.23. The van der Waals surface area contributed by atoms with Crippen molar-refractivity contribution in [1.29, 1.82) is 0 Å². The van der Waals surface area contributed by atoms with Crippen molar-refractivity contribution >= 4 is 5.69 Å². The molecule has 4 nitrogen and oxygen atoms in total. The minimum atomic E-state index is 0.106. The summed E-state index contributed by atoms with van der Waals surface area (Å²) in [6, 6.07) is 9.15. The van der Waals surface area contributed by atoms with Gasteiger partial charge in [-0.3, -0.25) is 4.98 Å². The number of aromatic hydroxyl groups is 1. The predicted molar refractivity (Wildman–Crippen MR) is 64.2 cm³/mol. The lowest BCUT2D eigenvalue weighted by Crippen LogP contribution is -2.11. The summed E-state index contributed by atoms with van der Waals surface area (Å²) in [5.74, 6) is 0.970. The van der Waals surface area contributed by atoms with Crippen molar-refractivity contribution in [2.45, 2.75) is 6.04 Å². The van der Waals surface area contributed by atoms with Crippen LogP contribution in [0.25, 0.3) is 0 Å². The highest BCUT2D eigenvalue weighted by Gasteiger charge is 2.24. The SMILES string of the molecule is Oc1ccc2c(c1)OCC2Nc1cccnc1. The molecule has 1 atom stereocenters. The van der Waals surface area contributed by atoms with Gasteiger partial charge in [0.2, 0.25) is 0 Å². The van der Waals surface area contributed by atoms with Crippen LogP contribution in [0, 0.1) is 0 Å². The minimum absolute atomic E-state index is 0.106. The molecule has 17 heavy (non-hydrogen) atoms. The average molecular weight is 228 g/mol. The number of phenols is 1. The van der Waals surface area contributed by atoms with Crippen LogP contribution in [0.3, 0.4) is 0 Å². The molecule has 2 aromatic rings. The lowest BCUT2D eigenvalue weighted by Gasteiger charge is -2.12. The maximum atomic E-state index is 9.36. The van der Waals surface area contributed by atoms with Crippen LogP contribution >= 0.6 is 0 Å². The van der Waals surface area contributed by atoms with Gasteiger partial charge in [0, 0.05) is 24.0 Å². The quantitative estimate of drug-likeness (QED) is 0.828. The molecule has 2 N–H and O–H groups in total. The van der Waals surface area contributed by atoms with Crippen LogP contribution in [0.1, 0.15) is 11.6 Å². The zero-order valence-corrected chi connectivity index (χ0v) is 9.13. The first kappa shape index (κ1) is 9.96. The molecule has 0 aliphatic carbocycles. The molecule has 3 rings (SSSR count). The average Bonchev–Trinajstić information content (AvgIpc) is 2.73. The molecule has 0 amide bonds. The highest BCUT2D eigenvalue weighted by molar-refractivity contribution is 5.50. The van der Waals surface area contributed by atoms with E-state index in [1.54, 1.807) is 24.5 Å². The number of aromatic nitrogens is 1. The summed E-state index contributed by atoms with van der Waals surface area (Å²) < 4.78 is 5.52. The molecule has 1 aliphatic heterocycles. The molecule has 4 heteroatoms. The zero-order chi connectivity index (χ0) is 11.7. The number of nitrogens with one attached hydrogen (secondary N) is 1. The van der Waals surface area contributed by atoms with Crippen LogP contribution in [0.2, 0.25) is 0 Å². The van der Waals surface area contributed by atoms with Gasteiger partial charge in [-0.2, -0.15) is 0 Å². The van der Waals surface area contributed by atoms with Crippen molar-refractivity contribution < 1.29 is 9.84 Å². The second-order valence-electron chi connectivity index (χ2n) is 3.97. The standard InChI is InChI=1S/C13H12N2O2/c16-10-3-4-11-12(8-17-13(11)6-10)15-9-2-1-5-14-7-9/h1-7,12,15-16H,8H2. The highest BCUT2D eigenvalue weighted by atomic mass is 16.5. The van der Waals surface area contributed by atoms with Gasteiger partial charge in [0.15, 0.2) is 0 Å². The monoisotopic (exact) mass is 228 g/mol. The smallest absolute Gasteiger partial charge is 0.128 e.